The van der Waals surface area contributed by atoms with Gasteiger partial charge in [-0.15, -0.1) is 26.3 Å². The zero-order valence-electron chi connectivity index (χ0n) is 16.6. The van der Waals surface area contributed by atoms with Crippen LogP contribution in [-0.4, -0.2) is 10.2 Å². The molecule has 0 aromatic heterocycles. The monoisotopic (exact) mass is 374 g/mol. The van der Waals surface area contributed by atoms with Gasteiger partial charge in [0.05, 0.1) is 0 Å². The number of hydrogen-bond donors (Lipinski definition) is 2. The quantitative estimate of drug-likeness (QED) is 0.488. The number of aryl methyl sites for hydroxylation is 2. The van der Waals surface area contributed by atoms with E-state index in [0.717, 1.165) is 35.1 Å². The van der Waals surface area contributed by atoms with Crippen LogP contribution in [0, 0.1) is 0 Å². The fourth-order valence-electron chi connectivity index (χ4n) is 3.49. The van der Waals surface area contributed by atoms with E-state index in [9.17, 15) is 10.2 Å². The standard InChI is InChI=1S/C26H30O2/c1-5-9-21-15-19(16-22(10-6-2)25(21)27)13-14-20-17-23(11-7-3)26(28)24(18-20)12-8-4/h5-8,15-18,27-28H,1-4,9-14H2. The molecule has 0 heterocycles. The van der Waals surface area contributed by atoms with Crippen molar-refractivity contribution >= 4 is 0 Å². The van der Waals surface area contributed by atoms with Crippen LogP contribution in [-0.2, 0) is 38.5 Å². The predicted octanol–water partition coefficient (Wildman–Crippen LogP) is 5.80. The largest absolute Gasteiger partial charge is 0.507 e. The van der Waals surface area contributed by atoms with Crippen molar-refractivity contribution in [1.29, 1.82) is 0 Å². The molecule has 2 N–H and O–H groups in total. The van der Waals surface area contributed by atoms with Crippen molar-refractivity contribution in [2.45, 2.75) is 38.5 Å². The van der Waals surface area contributed by atoms with Gasteiger partial charge in [-0.2, -0.15) is 0 Å². The molecule has 0 spiro atoms. The van der Waals surface area contributed by atoms with Crippen molar-refractivity contribution in [3.63, 3.8) is 0 Å². The molecule has 0 aliphatic carbocycles. The summed E-state index contributed by atoms with van der Waals surface area (Å²) >= 11 is 0. The van der Waals surface area contributed by atoms with Gasteiger partial charge >= 0.3 is 0 Å². The lowest BCUT2D eigenvalue weighted by Gasteiger charge is -2.14. The topological polar surface area (TPSA) is 40.5 Å². The van der Waals surface area contributed by atoms with Gasteiger partial charge in [-0.1, -0.05) is 48.6 Å². The Balaban J connectivity index is 2.32. The van der Waals surface area contributed by atoms with E-state index in [4.69, 9.17) is 0 Å². The molecule has 0 saturated carbocycles. The third-order valence-electron chi connectivity index (χ3n) is 4.81. The van der Waals surface area contributed by atoms with Gasteiger partial charge in [0, 0.05) is 0 Å². The summed E-state index contributed by atoms with van der Waals surface area (Å²) in [5.41, 5.74) is 5.94. The number of phenols is 2. The maximum absolute atomic E-state index is 10.4. The minimum Gasteiger partial charge on any atom is -0.507 e. The van der Waals surface area contributed by atoms with Gasteiger partial charge in [-0.3, -0.25) is 0 Å². The first-order valence-corrected chi connectivity index (χ1v) is 9.64. The summed E-state index contributed by atoms with van der Waals surface area (Å²) in [6, 6.07) is 8.22. The molecule has 28 heavy (non-hydrogen) atoms. The highest BCUT2D eigenvalue weighted by Gasteiger charge is 2.11. The van der Waals surface area contributed by atoms with Crippen LogP contribution in [0.1, 0.15) is 33.4 Å². The van der Waals surface area contributed by atoms with Crippen LogP contribution >= 0.6 is 0 Å². The fourth-order valence-corrected chi connectivity index (χ4v) is 3.49. The molecule has 0 aliphatic heterocycles. The van der Waals surface area contributed by atoms with Crippen molar-refractivity contribution in [3.05, 3.63) is 108 Å². The van der Waals surface area contributed by atoms with E-state index in [1.54, 1.807) is 24.3 Å². The first-order valence-electron chi connectivity index (χ1n) is 9.64. The zero-order valence-corrected chi connectivity index (χ0v) is 16.6. The maximum atomic E-state index is 10.4. The van der Waals surface area contributed by atoms with Crippen LogP contribution in [0.3, 0.4) is 0 Å². The zero-order chi connectivity index (χ0) is 20.5. The molecule has 0 bridgehead atoms. The van der Waals surface area contributed by atoms with E-state index in [2.05, 4.69) is 50.6 Å². The van der Waals surface area contributed by atoms with Gasteiger partial charge in [0.15, 0.2) is 0 Å². The molecule has 2 nitrogen and oxygen atoms in total. The Hall–Kier alpha value is -3.00. The molecule has 0 saturated heterocycles. The van der Waals surface area contributed by atoms with Crippen LogP contribution in [0.4, 0.5) is 0 Å². The molecule has 2 heteroatoms. The number of benzene rings is 2. The third-order valence-corrected chi connectivity index (χ3v) is 4.81. The molecule has 0 aliphatic rings. The molecule has 146 valence electrons. The summed E-state index contributed by atoms with van der Waals surface area (Å²) in [6.07, 6.45) is 11.5. The molecular formula is C26H30O2. The lowest BCUT2D eigenvalue weighted by Crippen LogP contribution is -1.99. The maximum Gasteiger partial charge on any atom is 0.122 e. The lowest BCUT2D eigenvalue weighted by molar-refractivity contribution is 0.463. The molecule has 0 fully saturated rings. The Morgan fingerprint density at radius 2 is 0.786 bits per heavy atom. The predicted molar refractivity (Wildman–Crippen MR) is 119 cm³/mol. The number of hydrogen-bond acceptors (Lipinski definition) is 2. The third kappa shape index (κ3) is 5.26. The highest BCUT2D eigenvalue weighted by molar-refractivity contribution is 5.47. The van der Waals surface area contributed by atoms with E-state index in [-0.39, 0.29) is 0 Å². The van der Waals surface area contributed by atoms with Crippen molar-refractivity contribution in [2.75, 3.05) is 0 Å². The van der Waals surface area contributed by atoms with Crippen LogP contribution in [0.2, 0.25) is 0 Å². The molecule has 0 unspecified atom stereocenters. The Morgan fingerprint density at radius 1 is 0.536 bits per heavy atom. The van der Waals surface area contributed by atoms with E-state index >= 15 is 0 Å². The molecule has 0 amide bonds. The van der Waals surface area contributed by atoms with Gasteiger partial charge in [0.1, 0.15) is 11.5 Å². The Kier molecular flexibility index (Phi) is 7.88. The molecule has 2 rings (SSSR count). The van der Waals surface area contributed by atoms with Gasteiger partial charge in [-0.25, -0.2) is 0 Å². The molecular weight excluding hydrogens is 344 g/mol. The molecule has 2 aromatic rings. The van der Waals surface area contributed by atoms with Crippen molar-refractivity contribution in [1.82, 2.24) is 0 Å². The minimum atomic E-state index is 0.342. The lowest BCUT2D eigenvalue weighted by atomic mass is 9.94. The number of phenolic OH excluding ortho intramolecular Hbond substituents is 2. The van der Waals surface area contributed by atoms with Gasteiger partial charge in [-0.05, 0) is 71.9 Å². The smallest absolute Gasteiger partial charge is 0.122 e. The second kappa shape index (κ2) is 10.4. The molecule has 0 radical (unpaired) electrons. The van der Waals surface area contributed by atoms with Crippen molar-refractivity contribution in [2.24, 2.45) is 0 Å². The van der Waals surface area contributed by atoms with Crippen LogP contribution in [0.15, 0.2) is 74.9 Å². The van der Waals surface area contributed by atoms with Crippen LogP contribution in [0.25, 0.3) is 0 Å². The van der Waals surface area contributed by atoms with Gasteiger partial charge in [0.2, 0.25) is 0 Å². The molecule has 0 atom stereocenters. The van der Waals surface area contributed by atoms with Crippen LogP contribution < -0.4 is 0 Å². The Bertz CT molecular complexity index is 738. The first kappa shape index (κ1) is 21.3. The SMILES string of the molecule is C=CCc1cc(CCc2cc(CC=C)c(O)c(CC=C)c2)cc(CC=C)c1O. The average molecular weight is 375 g/mol. The van der Waals surface area contributed by atoms with E-state index in [1.165, 1.54) is 11.1 Å². The number of allylic oxidation sites excluding steroid dienone is 4. The second-order valence-corrected chi connectivity index (χ2v) is 7.00. The first-order chi connectivity index (χ1) is 13.5. The van der Waals surface area contributed by atoms with Crippen LogP contribution in [0.5, 0.6) is 11.5 Å². The van der Waals surface area contributed by atoms with Crippen molar-refractivity contribution in [3.8, 4) is 11.5 Å². The second-order valence-electron chi connectivity index (χ2n) is 7.00. The molecule has 2 aromatic carbocycles. The number of aromatic hydroxyl groups is 2. The summed E-state index contributed by atoms with van der Waals surface area (Å²) in [7, 11) is 0. The summed E-state index contributed by atoms with van der Waals surface area (Å²) < 4.78 is 0. The minimum absolute atomic E-state index is 0.342. The summed E-state index contributed by atoms with van der Waals surface area (Å²) in [5, 5.41) is 20.9. The normalized spacial score (nSPS) is 10.4. The summed E-state index contributed by atoms with van der Waals surface area (Å²) in [5.74, 6) is 0.685. The number of rotatable bonds is 11. The summed E-state index contributed by atoms with van der Waals surface area (Å²) in [4.78, 5) is 0. The highest BCUT2D eigenvalue weighted by Crippen LogP contribution is 2.29. The van der Waals surface area contributed by atoms with Gasteiger partial charge in [0.25, 0.3) is 0 Å². The highest BCUT2D eigenvalue weighted by atomic mass is 16.3. The van der Waals surface area contributed by atoms with E-state index in [1.807, 2.05) is 0 Å². The van der Waals surface area contributed by atoms with Gasteiger partial charge < -0.3 is 10.2 Å². The van der Waals surface area contributed by atoms with E-state index in [0.29, 0.717) is 37.2 Å². The van der Waals surface area contributed by atoms with E-state index < -0.39 is 0 Å². The fraction of sp³-hybridized carbons (Fsp3) is 0.231. The summed E-state index contributed by atoms with van der Waals surface area (Å²) in [6.45, 7) is 15.1. The average Bonchev–Trinajstić information content (AvgIpc) is 2.67. The van der Waals surface area contributed by atoms with Crippen molar-refractivity contribution < 1.29 is 10.2 Å². The Labute approximate surface area is 168 Å². The Morgan fingerprint density at radius 3 is 1.00 bits per heavy atom.